The van der Waals surface area contributed by atoms with E-state index in [1.54, 1.807) is 19.0 Å². The van der Waals surface area contributed by atoms with Crippen LogP contribution in [0.4, 0.5) is 0 Å². The number of guanidine groups is 1. The van der Waals surface area contributed by atoms with Gasteiger partial charge in [-0.3, -0.25) is 9.79 Å². The highest BCUT2D eigenvalue weighted by Gasteiger charge is 2.38. The molecule has 132 valence electrons. The Morgan fingerprint density at radius 3 is 2.46 bits per heavy atom. The zero-order valence-electron chi connectivity index (χ0n) is 15.1. The van der Waals surface area contributed by atoms with Gasteiger partial charge >= 0.3 is 0 Å². The predicted molar refractivity (Wildman–Crippen MR) is 99.3 cm³/mol. The Kier molecular flexibility index (Phi) is 6.64. The van der Waals surface area contributed by atoms with Crippen molar-refractivity contribution in [3.05, 3.63) is 35.9 Å². The third kappa shape index (κ3) is 4.73. The summed E-state index contributed by atoms with van der Waals surface area (Å²) in [6.07, 6.45) is 4.13. The maximum atomic E-state index is 11.7. The van der Waals surface area contributed by atoms with E-state index in [4.69, 9.17) is 4.99 Å². The van der Waals surface area contributed by atoms with Gasteiger partial charge in [0.25, 0.3) is 0 Å². The molecule has 0 unspecified atom stereocenters. The second-order valence-corrected chi connectivity index (χ2v) is 6.66. The number of amides is 1. The van der Waals surface area contributed by atoms with Gasteiger partial charge in [-0.05, 0) is 25.3 Å². The molecule has 0 spiro atoms. The van der Waals surface area contributed by atoms with Crippen molar-refractivity contribution in [1.82, 2.24) is 15.5 Å². The topological polar surface area (TPSA) is 56.7 Å². The fourth-order valence-corrected chi connectivity index (χ4v) is 3.02. The van der Waals surface area contributed by atoms with Crippen LogP contribution < -0.4 is 10.6 Å². The molecular weight excluding hydrogens is 300 g/mol. The van der Waals surface area contributed by atoms with E-state index < -0.39 is 0 Å². The SMILES string of the molecule is CCNC(=NCC1(c2ccccc2)CCC1)NCCC(=O)N(C)C. The molecule has 2 rings (SSSR count). The lowest BCUT2D eigenvalue weighted by Gasteiger charge is -2.41. The number of hydrogen-bond donors (Lipinski definition) is 2. The molecule has 1 aromatic rings. The van der Waals surface area contributed by atoms with Crippen LogP contribution >= 0.6 is 0 Å². The largest absolute Gasteiger partial charge is 0.357 e. The first-order valence-electron chi connectivity index (χ1n) is 8.85. The van der Waals surface area contributed by atoms with Crippen LogP contribution in [0.15, 0.2) is 35.3 Å². The molecule has 0 aliphatic heterocycles. The molecular formula is C19H30N4O. The standard InChI is InChI=1S/C19H30N4O/c1-4-20-18(21-14-11-17(24)23(2)3)22-15-19(12-8-13-19)16-9-6-5-7-10-16/h5-7,9-10H,4,8,11-15H2,1-3H3,(H2,20,21,22). The van der Waals surface area contributed by atoms with Gasteiger partial charge in [0, 0.05) is 39.0 Å². The van der Waals surface area contributed by atoms with Crippen molar-refractivity contribution in [1.29, 1.82) is 0 Å². The molecule has 1 aromatic carbocycles. The van der Waals surface area contributed by atoms with Crippen molar-refractivity contribution < 1.29 is 4.79 Å². The third-order valence-electron chi connectivity index (χ3n) is 4.71. The first-order valence-corrected chi connectivity index (χ1v) is 8.85. The minimum atomic E-state index is 0.123. The highest BCUT2D eigenvalue weighted by molar-refractivity contribution is 5.81. The Morgan fingerprint density at radius 1 is 1.21 bits per heavy atom. The van der Waals surface area contributed by atoms with Crippen molar-refractivity contribution in [2.24, 2.45) is 4.99 Å². The van der Waals surface area contributed by atoms with E-state index in [1.165, 1.54) is 24.8 Å². The quantitative estimate of drug-likeness (QED) is 0.595. The summed E-state index contributed by atoms with van der Waals surface area (Å²) >= 11 is 0. The van der Waals surface area contributed by atoms with Gasteiger partial charge in [0.15, 0.2) is 5.96 Å². The van der Waals surface area contributed by atoms with E-state index in [-0.39, 0.29) is 11.3 Å². The normalized spacial score (nSPS) is 16.2. The van der Waals surface area contributed by atoms with E-state index >= 15 is 0 Å². The number of benzene rings is 1. The molecule has 0 saturated heterocycles. The molecule has 5 nitrogen and oxygen atoms in total. The maximum Gasteiger partial charge on any atom is 0.223 e. The summed E-state index contributed by atoms with van der Waals surface area (Å²) in [6, 6.07) is 10.7. The lowest BCUT2D eigenvalue weighted by molar-refractivity contribution is -0.128. The van der Waals surface area contributed by atoms with E-state index in [1.807, 2.05) is 0 Å². The zero-order valence-corrected chi connectivity index (χ0v) is 15.1. The molecule has 1 aliphatic carbocycles. The summed E-state index contributed by atoms with van der Waals surface area (Å²) in [7, 11) is 3.56. The van der Waals surface area contributed by atoms with Crippen molar-refractivity contribution in [2.75, 3.05) is 33.7 Å². The summed E-state index contributed by atoms with van der Waals surface area (Å²) in [5, 5.41) is 6.54. The fraction of sp³-hybridized carbons (Fsp3) is 0.579. The summed E-state index contributed by atoms with van der Waals surface area (Å²) in [4.78, 5) is 18.1. The third-order valence-corrected chi connectivity index (χ3v) is 4.71. The second-order valence-electron chi connectivity index (χ2n) is 6.66. The molecule has 0 atom stereocenters. The molecule has 2 N–H and O–H groups in total. The Balaban J connectivity index is 1.95. The molecule has 1 saturated carbocycles. The molecule has 0 aromatic heterocycles. The molecule has 0 bridgehead atoms. The van der Waals surface area contributed by atoms with Crippen LogP contribution in [0.5, 0.6) is 0 Å². The second kappa shape index (κ2) is 8.71. The monoisotopic (exact) mass is 330 g/mol. The lowest BCUT2D eigenvalue weighted by atomic mass is 9.64. The van der Waals surface area contributed by atoms with E-state index in [0.717, 1.165) is 19.0 Å². The summed E-state index contributed by atoms with van der Waals surface area (Å²) in [5.74, 6) is 0.921. The van der Waals surface area contributed by atoms with Gasteiger partial charge < -0.3 is 15.5 Å². The molecule has 0 heterocycles. The number of carbonyl (C=O) groups is 1. The van der Waals surface area contributed by atoms with E-state index in [0.29, 0.717) is 13.0 Å². The average Bonchev–Trinajstić information content (AvgIpc) is 2.54. The Morgan fingerprint density at radius 2 is 1.92 bits per heavy atom. The van der Waals surface area contributed by atoms with Crippen LogP contribution in [0.25, 0.3) is 0 Å². The lowest BCUT2D eigenvalue weighted by Crippen LogP contribution is -2.42. The van der Waals surface area contributed by atoms with Gasteiger partial charge in [0.1, 0.15) is 0 Å². The van der Waals surface area contributed by atoms with Crippen molar-refractivity contribution >= 4 is 11.9 Å². The van der Waals surface area contributed by atoms with Gasteiger partial charge in [-0.25, -0.2) is 0 Å². The molecule has 5 heteroatoms. The Hall–Kier alpha value is -2.04. The van der Waals surface area contributed by atoms with Gasteiger partial charge in [0.2, 0.25) is 5.91 Å². The molecule has 1 aliphatic rings. The number of aliphatic imine (C=N–C) groups is 1. The number of hydrogen-bond acceptors (Lipinski definition) is 2. The van der Waals surface area contributed by atoms with Crippen LogP contribution in [0.3, 0.4) is 0 Å². The summed E-state index contributed by atoms with van der Waals surface area (Å²) in [5.41, 5.74) is 1.57. The number of rotatable bonds is 7. The molecule has 1 fully saturated rings. The van der Waals surface area contributed by atoms with Gasteiger partial charge in [-0.15, -0.1) is 0 Å². The Bertz CT molecular complexity index is 550. The smallest absolute Gasteiger partial charge is 0.223 e. The van der Waals surface area contributed by atoms with E-state index in [9.17, 15) is 4.79 Å². The van der Waals surface area contributed by atoms with Crippen molar-refractivity contribution in [2.45, 2.75) is 38.0 Å². The van der Waals surface area contributed by atoms with Crippen LogP contribution in [0.2, 0.25) is 0 Å². The van der Waals surface area contributed by atoms with Crippen LogP contribution in [0.1, 0.15) is 38.2 Å². The first-order chi connectivity index (χ1) is 11.6. The van der Waals surface area contributed by atoms with Crippen LogP contribution in [-0.2, 0) is 10.2 Å². The molecule has 1 amide bonds. The highest BCUT2D eigenvalue weighted by atomic mass is 16.2. The van der Waals surface area contributed by atoms with E-state index in [2.05, 4.69) is 47.9 Å². The first kappa shape index (κ1) is 18.3. The van der Waals surface area contributed by atoms with Crippen LogP contribution in [-0.4, -0.2) is 50.5 Å². The van der Waals surface area contributed by atoms with Gasteiger partial charge in [-0.1, -0.05) is 36.8 Å². The molecule has 0 radical (unpaired) electrons. The number of carbonyl (C=O) groups excluding carboxylic acids is 1. The number of nitrogens with zero attached hydrogens (tertiary/aromatic N) is 2. The summed E-state index contributed by atoms with van der Waals surface area (Å²) < 4.78 is 0. The van der Waals surface area contributed by atoms with Crippen molar-refractivity contribution in [3.8, 4) is 0 Å². The maximum absolute atomic E-state index is 11.7. The zero-order chi connectivity index (χ0) is 17.4. The van der Waals surface area contributed by atoms with Gasteiger partial charge in [-0.2, -0.15) is 0 Å². The van der Waals surface area contributed by atoms with Crippen molar-refractivity contribution in [3.63, 3.8) is 0 Å². The fourth-order valence-electron chi connectivity index (χ4n) is 3.02. The molecule has 24 heavy (non-hydrogen) atoms. The number of nitrogens with one attached hydrogen (secondary N) is 2. The predicted octanol–water partition coefficient (Wildman–Crippen LogP) is 2.14. The average molecular weight is 330 g/mol. The Labute approximate surface area is 145 Å². The minimum absolute atomic E-state index is 0.123. The summed E-state index contributed by atoms with van der Waals surface area (Å²) in [6.45, 7) is 4.25. The van der Waals surface area contributed by atoms with Gasteiger partial charge in [0.05, 0.1) is 6.54 Å². The van der Waals surface area contributed by atoms with Crippen LogP contribution in [0, 0.1) is 0 Å². The highest BCUT2D eigenvalue weighted by Crippen LogP contribution is 2.43. The minimum Gasteiger partial charge on any atom is -0.357 e.